The summed E-state index contributed by atoms with van der Waals surface area (Å²) in [4.78, 5) is 21.9. The molecular weight excluding hydrogens is 230 g/mol. The summed E-state index contributed by atoms with van der Waals surface area (Å²) in [5.74, 6) is -1.40. The quantitative estimate of drug-likeness (QED) is 0.827. The van der Waals surface area contributed by atoms with Crippen LogP contribution in [0.1, 0.15) is 12.0 Å². The molecule has 6 heteroatoms. The van der Waals surface area contributed by atoms with Crippen molar-refractivity contribution < 1.29 is 18.4 Å². The number of nitrogens with one attached hydrogen (secondary N) is 2. The van der Waals surface area contributed by atoms with E-state index in [2.05, 4.69) is 10.6 Å². The number of rotatable bonds is 2. The van der Waals surface area contributed by atoms with Gasteiger partial charge in [-0.2, -0.15) is 8.78 Å². The van der Waals surface area contributed by atoms with Crippen LogP contribution in [0.4, 0.5) is 20.2 Å². The minimum absolute atomic E-state index is 0.0677. The zero-order valence-corrected chi connectivity index (χ0v) is 8.80. The van der Waals surface area contributed by atoms with Crippen LogP contribution < -0.4 is 10.6 Å². The summed E-state index contributed by atoms with van der Waals surface area (Å²) in [5.41, 5.74) is 1.80. The molecule has 17 heavy (non-hydrogen) atoms. The van der Waals surface area contributed by atoms with Crippen LogP contribution in [0.2, 0.25) is 0 Å². The molecule has 2 N–H and O–H groups in total. The highest BCUT2D eigenvalue weighted by atomic mass is 19.3. The average molecular weight is 240 g/mol. The number of hydrogen-bond donors (Lipinski definition) is 2. The Morgan fingerprint density at radius 1 is 1.35 bits per heavy atom. The lowest BCUT2D eigenvalue weighted by molar-refractivity contribution is -0.126. The molecule has 2 rings (SSSR count). The van der Waals surface area contributed by atoms with Crippen LogP contribution in [-0.4, -0.2) is 18.2 Å². The van der Waals surface area contributed by atoms with Gasteiger partial charge < -0.3 is 10.6 Å². The molecule has 0 fully saturated rings. The summed E-state index contributed by atoms with van der Waals surface area (Å²) < 4.78 is 24.1. The van der Waals surface area contributed by atoms with Gasteiger partial charge in [-0.25, -0.2) is 0 Å². The number of anilines is 2. The second kappa shape index (κ2) is 4.48. The molecule has 0 saturated carbocycles. The molecule has 0 aliphatic carbocycles. The van der Waals surface area contributed by atoms with E-state index in [0.29, 0.717) is 24.2 Å². The number of fused-ring (bicyclic) bond motifs is 1. The number of hydrogen-bond acceptors (Lipinski definition) is 2. The van der Waals surface area contributed by atoms with Crippen molar-refractivity contribution >= 4 is 23.2 Å². The first-order valence-electron chi connectivity index (χ1n) is 5.08. The van der Waals surface area contributed by atoms with Crippen LogP contribution >= 0.6 is 0 Å². The Kier molecular flexibility index (Phi) is 3.03. The van der Waals surface area contributed by atoms with Crippen LogP contribution in [0.25, 0.3) is 0 Å². The molecule has 0 spiro atoms. The van der Waals surface area contributed by atoms with Gasteiger partial charge in [0.15, 0.2) is 0 Å². The first-order chi connectivity index (χ1) is 8.06. The van der Waals surface area contributed by atoms with Gasteiger partial charge in [-0.1, -0.05) is 0 Å². The van der Waals surface area contributed by atoms with E-state index in [1.54, 1.807) is 12.1 Å². The van der Waals surface area contributed by atoms with E-state index in [0.717, 1.165) is 5.56 Å². The van der Waals surface area contributed by atoms with Crippen molar-refractivity contribution in [3.8, 4) is 0 Å². The number of halogens is 2. The van der Waals surface area contributed by atoms with Crippen LogP contribution in [0.15, 0.2) is 18.2 Å². The fourth-order valence-electron chi connectivity index (χ4n) is 1.66. The molecule has 1 aliphatic rings. The minimum Gasteiger partial charge on any atom is -0.326 e. The molecule has 90 valence electrons. The number of carbonyl (C=O) groups excluding carboxylic acids is 2. The SMILES string of the molecule is O=C1CCc2cc(NC(=O)C(F)F)ccc2N1. The zero-order valence-electron chi connectivity index (χ0n) is 8.80. The molecule has 0 radical (unpaired) electrons. The lowest BCUT2D eigenvalue weighted by atomic mass is 10.0. The van der Waals surface area contributed by atoms with Crippen molar-refractivity contribution in [1.82, 2.24) is 0 Å². The standard InChI is InChI=1S/C11H10F2N2O2/c12-10(13)11(17)14-7-2-3-8-6(5-7)1-4-9(16)15-8/h2-3,5,10H,1,4H2,(H,14,17)(H,15,16). The number of alkyl halides is 2. The monoisotopic (exact) mass is 240 g/mol. The van der Waals surface area contributed by atoms with Crippen molar-refractivity contribution in [1.29, 1.82) is 0 Å². The third-order valence-electron chi connectivity index (χ3n) is 2.47. The summed E-state index contributed by atoms with van der Waals surface area (Å²) >= 11 is 0. The molecule has 4 nitrogen and oxygen atoms in total. The smallest absolute Gasteiger partial charge is 0.315 e. The maximum absolute atomic E-state index is 12.0. The second-order valence-corrected chi connectivity index (χ2v) is 3.71. The third kappa shape index (κ3) is 2.58. The molecular formula is C11H10F2N2O2. The van der Waals surface area contributed by atoms with E-state index in [1.807, 2.05) is 0 Å². The summed E-state index contributed by atoms with van der Waals surface area (Å²) in [6.07, 6.45) is -2.13. The highest BCUT2D eigenvalue weighted by molar-refractivity contribution is 5.96. The summed E-state index contributed by atoms with van der Waals surface area (Å²) in [6.45, 7) is 0. The van der Waals surface area contributed by atoms with Crippen LogP contribution in [0.3, 0.4) is 0 Å². The fraction of sp³-hybridized carbons (Fsp3) is 0.273. The third-order valence-corrected chi connectivity index (χ3v) is 2.47. The number of aryl methyl sites for hydroxylation is 1. The van der Waals surface area contributed by atoms with E-state index >= 15 is 0 Å². The molecule has 1 aliphatic heterocycles. The van der Waals surface area contributed by atoms with E-state index in [4.69, 9.17) is 0 Å². The lowest BCUT2D eigenvalue weighted by Crippen LogP contribution is -2.21. The Hall–Kier alpha value is -1.98. The van der Waals surface area contributed by atoms with E-state index in [1.165, 1.54) is 6.07 Å². The first-order valence-corrected chi connectivity index (χ1v) is 5.08. The Morgan fingerprint density at radius 3 is 2.82 bits per heavy atom. The van der Waals surface area contributed by atoms with Crippen molar-refractivity contribution in [3.05, 3.63) is 23.8 Å². The average Bonchev–Trinajstić information content (AvgIpc) is 2.29. The highest BCUT2D eigenvalue weighted by Crippen LogP contribution is 2.25. The van der Waals surface area contributed by atoms with Gasteiger partial charge in [0, 0.05) is 17.8 Å². The number of carbonyl (C=O) groups is 2. The van der Waals surface area contributed by atoms with Gasteiger partial charge >= 0.3 is 6.43 Å². The minimum atomic E-state index is -3.04. The lowest BCUT2D eigenvalue weighted by Gasteiger charge is -2.17. The predicted molar refractivity (Wildman–Crippen MR) is 58.0 cm³/mol. The van der Waals surface area contributed by atoms with Gasteiger partial charge in [0.25, 0.3) is 5.91 Å². The van der Waals surface area contributed by atoms with Crippen molar-refractivity contribution in [2.24, 2.45) is 0 Å². The first kappa shape index (κ1) is 11.5. The molecule has 0 unspecified atom stereocenters. The summed E-state index contributed by atoms with van der Waals surface area (Å²) in [5, 5.41) is 4.76. The Bertz CT molecular complexity index is 475. The van der Waals surface area contributed by atoms with Crippen LogP contribution in [0.5, 0.6) is 0 Å². The predicted octanol–water partition coefficient (Wildman–Crippen LogP) is 1.77. The van der Waals surface area contributed by atoms with E-state index < -0.39 is 12.3 Å². The van der Waals surface area contributed by atoms with Crippen molar-refractivity contribution in [3.63, 3.8) is 0 Å². The normalized spacial score (nSPS) is 14.2. The number of benzene rings is 1. The van der Waals surface area contributed by atoms with Gasteiger partial charge in [-0.15, -0.1) is 0 Å². The second-order valence-electron chi connectivity index (χ2n) is 3.71. The fourth-order valence-corrected chi connectivity index (χ4v) is 1.66. The summed E-state index contributed by atoms with van der Waals surface area (Å²) in [6, 6.07) is 4.66. The Balaban J connectivity index is 2.17. The molecule has 0 aromatic heterocycles. The van der Waals surface area contributed by atoms with Gasteiger partial charge in [0.2, 0.25) is 5.91 Å². The largest absolute Gasteiger partial charge is 0.326 e. The van der Waals surface area contributed by atoms with Gasteiger partial charge in [0.1, 0.15) is 0 Å². The van der Waals surface area contributed by atoms with Crippen LogP contribution in [0, 0.1) is 0 Å². The summed E-state index contributed by atoms with van der Waals surface area (Å²) in [7, 11) is 0. The zero-order chi connectivity index (χ0) is 12.4. The van der Waals surface area contributed by atoms with Crippen LogP contribution in [-0.2, 0) is 16.0 Å². The molecule has 1 aromatic rings. The molecule has 1 heterocycles. The highest BCUT2D eigenvalue weighted by Gasteiger charge is 2.18. The van der Waals surface area contributed by atoms with E-state index in [-0.39, 0.29) is 5.91 Å². The molecule has 2 amide bonds. The van der Waals surface area contributed by atoms with Gasteiger partial charge in [-0.05, 0) is 30.2 Å². The maximum Gasteiger partial charge on any atom is 0.315 e. The molecule has 0 atom stereocenters. The van der Waals surface area contributed by atoms with Gasteiger partial charge in [0.05, 0.1) is 0 Å². The Labute approximate surface area is 96.0 Å². The topological polar surface area (TPSA) is 58.2 Å². The van der Waals surface area contributed by atoms with E-state index in [9.17, 15) is 18.4 Å². The van der Waals surface area contributed by atoms with Crippen molar-refractivity contribution in [2.45, 2.75) is 19.3 Å². The van der Waals surface area contributed by atoms with Crippen molar-refractivity contribution in [2.75, 3.05) is 10.6 Å². The molecule has 1 aromatic carbocycles. The number of amides is 2. The molecule has 0 bridgehead atoms. The molecule has 0 saturated heterocycles. The Morgan fingerprint density at radius 2 is 2.12 bits per heavy atom. The maximum atomic E-state index is 12.0. The van der Waals surface area contributed by atoms with Gasteiger partial charge in [-0.3, -0.25) is 9.59 Å².